The van der Waals surface area contributed by atoms with Crippen LogP contribution < -0.4 is 4.74 Å². The lowest BCUT2D eigenvalue weighted by atomic mass is 10.0. The zero-order valence-electron chi connectivity index (χ0n) is 12.0. The molecule has 1 aromatic heterocycles. The number of hydrogen-bond acceptors (Lipinski definition) is 4. The fraction of sp³-hybridized carbons (Fsp3) is 0.562. The number of carbonyl (C=O) groups excluding carboxylic acids is 1. The summed E-state index contributed by atoms with van der Waals surface area (Å²) in [6.45, 7) is 1.29. The zero-order valence-corrected chi connectivity index (χ0v) is 12.0. The molecule has 3 rings (SSSR count). The van der Waals surface area contributed by atoms with Crippen LogP contribution in [0.25, 0.3) is 0 Å². The van der Waals surface area contributed by atoms with E-state index in [1.54, 1.807) is 12.1 Å². The number of nitriles is 1. The van der Waals surface area contributed by atoms with Gasteiger partial charge in [-0.3, -0.25) is 4.79 Å². The number of amides is 1. The highest BCUT2D eigenvalue weighted by atomic mass is 16.5. The first-order chi connectivity index (χ1) is 10.2. The Morgan fingerprint density at radius 1 is 1.38 bits per heavy atom. The van der Waals surface area contributed by atoms with Crippen LogP contribution in [0, 0.1) is 17.2 Å². The van der Waals surface area contributed by atoms with Crippen LogP contribution in [0.1, 0.15) is 37.7 Å². The molecule has 0 aromatic carbocycles. The van der Waals surface area contributed by atoms with Crippen LogP contribution in [-0.2, 0) is 4.79 Å². The van der Waals surface area contributed by atoms with E-state index in [2.05, 4.69) is 4.98 Å². The molecule has 1 aliphatic heterocycles. The Labute approximate surface area is 124 Å². The number of pyridine rings is 1. The van der Waals surface area contributed by atoms with Gasteiger partial charge in [-0.1, -0.05) is 12.8 Å². The lowest BCUT2D eigenvalue weighted by Crippen LogP contribution is -2.56. The van der Waals surface area contributed by atoms with Crippen molar-refractivity contribution in [3.05, 3.63) is 23.9 Å². The average molecular weight is 285 g/mol. The SMILES string of the molecule is N#Cc1ccc(OC2CN(C(=O)CC3CCCC3)C2)nc1. The van der Waals surface area contributed by atoms with Gasteiger partial charge in [0.15, 0.2) is 0 Å². The minimum atomic E-state index is 0.0259. The van der Waals surface area contributed by atoms with Gasteiger partial charge < -0.3 is 9.64 Å². The highest BCUT2D eigenvalue weighted by Crippen LogP contribution is 2.29. The van der Waals surface area contributed by atoms with Crippen molar-refractivity contribution < 1.29 is 9.53 Å². The number of ether oxygens (including phenoxy) is 1. The van der Waals surface area contributed by atoms with Crippen molar-refractivity contribution in [1.82, 2.24) is 9.88 Å². The quantitative estimate of drug-likeness (QED) is 0.850. The first kappa shape index (κ1) is 13.9. The summed E-state index contributed by atoms with van der Waals surface area (Å²) in [6, 6.07) is 5.40. The molecule has 2 heterocycles. The maximum atomic E-state index is 12.1. The van der Waals surface area contributed by atoms with Gasteiger partial charge >= 0.3 is 0 Å². The van der Waals surface area contributed by atoms with E-state index in [0.717, 1.165) is 0 Å². The lowest BCUT2D eigenvalue weighted by molar-refractivity contribution is -0.141. The van der Waals surface area contributed by atoms with Crippen molar-refractivity contribution in [2.24, 2.45) is 5.92 Å². The zero-order chi connectivity index (χ0) is 14.7. The van der Waals surface area contributed by atoms with Gasteiger partial charge in [-0.25, -0.2) is 4.98 Å². The van der Waals surface area contributed by atoms with Crippen molar-refractivity contribution >= 4 is 5.91 Å². The first-order valence-electron chi connectivity index (χ1n) is 7.55. The highest BCUT2D eigenvalue weighted by molar-refractivity contribution is 5.77. The Bertz CT molecular complexity index is 538. The average Bonchev–Trinajstić information content (AvgIpc) is 2.95. The molecule has 2 aliphatic rings. The van der Waals surface area contributed by atoms with E-state index in [-0.39, 0.29) is 12.0 Å². The van der Waals surface area contributed by atoms with Crippen LogP contribution in [0.15, 0.2) is 18.3 Å². The molecule has 5 nitrogen and oxygen atoms in total. The van der Waals surface area contributed by atoms with Crippen LogP contribution in [0.4, 0.5) is 0 Å². The first-order valence-corrected chi connectivity index (χ1v) is 7.55. The second kappa shape index (κ2) is 6.13. The van der Waals surface area contributed by atoms with Gasteiger partial charge in [0.05, 0.1) is 18.7 Å². The van der Waals surface area contributed by atoms with E-state index in [1.165, 1.54) is 31.9 Å². The summed E-state index contributed by atoms with van der Waals surface area (Å²) in [6.07, 6.45) is 7.17. The standard InChI is InChI=1S/C16H19N3O2/c17-8-13-5-6-15(18-9-13)21-14-10-19(11-14)16(20)7-12-3-1-2-4-12/h5-6,9,12,14H,1-4,7,10-11H2. The summed E-state index contributed by atoms with van der Waals surface area (Å²) in [5.41, 5.74) is 0.518. The normalized spacial score (nSPS) is 19.1. The molecule has 0 atom stereocenters. The Kier molecular flexibility index (Phi) is 4.05. The van der Waals surface area contributed by atoms with Gasteiger partial charge in [-0.05, 0) is 24.8 Å². The number of hydrogen-bond donors (Lipinski definition) is 0. The van der Waals surface area contributed by atoms with Crippen molar-refractivity contribution in [3.8, 4) is 11.9 Å². The molecule has 2 fully saturated rings. The maximum absolute atomic E-state index is 12.1. The second-order valence-corrected chi connectivity index (χ2v) is 5.89. The molecule has 1 amide bonds. The van der Waals surface area contributed by atoms with Crippen LogP contribution >= 0.6 is 0 Å². The van der Waals surface area contributed by atoms with E-state index in [1.807, 2.05) is 11.0 Å². The monoisotopic (exact) mass is 285 g/mol. The molecule has 0 radical (unpaired) electrons. The smallest absolute Gasteiger partial charge is 0.223 e. The van der Waals surface area contributed by atoms with E-state index in [4.69, 9.17) is 10.00 Å². The van der Waals surface area contributed by atoms with E-state index < -0.39 is 0 Å². The molecule has 1 saturated carbocycles. The van der Waals surface area contributed by atoms with Crippen LogP contribution in [0.2, 0.25) is 0 Å². The van der Waals surface area contributed by atoms with Crippen LogP contribution in [0.3, 0.4) is 0 Å². The van der Waals surface area contributed by atoms with Crippen molar-refractivity contribution in [2.75, 3.05) is 13.1 Å². The van der Waals surface area contributed by atoms with Gasteiger partial charge in [0, 0.05) is 18.7 Å². The molecule has 110 valence electrons. The molecule has 21 heavy (non-hydrogen) atoms. The minimum Gasteiger partial charge on any atom is -0.471 e. The van der Waals surface area contributed by atoms with Gasteiger partial charge in [0.25, 0.3) is 0 Å². The van der Waals surface area contributed by atoms with Gasteiger partial charge in [0.2, 0.25) is 11.8 Å². The summed E-state index contributed by atoms with van der Waals surface area (Å²) in [5.74, 6) is 1.37. The predicted octanol–water partition coefficient (Wildman–Crippen LogP) is 2.12. The van der Waals surface area contributed by atoms with Gasteiger partial charge in [-0.2, -0.15) is 5.26 Å². The Balaban J connectivity index is 1.42. The number of carbonyl (C=O) groups is 1. The van der Waals surface area contributed by atoms with Gasteiger partial charge in [0.1, 0.15) is 12.2 Å². The summed E-state index contributed by atoms with van der Waals surface area (Å²) < 4.78 is 5.69. The largest absolute Gasteiger partial charge is 0.471 e. The molecule has 1 saturated heterocycles. The minimum absolute atomic E-state index is 0.0259. The van der Waals surface area contributed by atoms with Crippen LogP contribution in [0.5, 0.6) is 5.88 Å². The van der Waals surface area contributed by atoms with Gasteiger partial charge in [-0.15, -0.1) is 0 Å². The molecule has 0 unspecified atom stereocenters. The highest BCUT2D eigenvalue weighted by Gasteiger charge is 2.33. The fourth-order valence-electron chi connectivity index (χ4n) is 2.99. The third-order valence-corrected chi connectivity index (χ3v) is 4.29. The number of rotatable bonds is 4. The number of nitrogens with zero attached hydrogens (tertiary/aromatic N) is 3. The molecule has 1 aromatic rings. The molecule has 5 heteroatoms. The van der Waals surface area contributed by atoms with E-state index in [9.17, 15) is 4.79 Å². The van der Waals surface area contributed by atoms with Crippen molar-refractivity contribution in [3.63, 3.8) is 0 Å². The van der Waals surface area contributed by atoms with E-state index >= 15 is 0 Å². The Hall–Kier alpha value is -2.09. The van der Waals surface area contributed by atoms with Crippen molar-refractivity contribution in [2.45, 2.75) is 38.2 Å². The molecular weight excluding hydrogens is 266 g/mol. The summed E-state index contributed by atoms with van der Waals surface area (Å²) in [4.78, 5) is 18.0. The molecule has 0 N–H and O–H groups in total. The summed E-state index contributed by atoms with van der Waals surface area (Å²) in [7, 11) is 0. The number of aromatic nitrogens is 1. The summed E-state index contributed by atoms with van der Waals surface area (Å²) in [5, 5.41) is 8.71. The second-order valence-electron chi connectivity index (χ2n) is 5.89. The third kappa shape index (κ3) is 3.33. The Morgan fingerprint density at radius 3 is 2.76 bits per heavy atom. The number of likely N-dealkylation sites (tertiary alicyclic amines) is 1. The van der Waals surface area contributed by atoms with Crippen molar-refractivity contribution in [1.29, 1.82) is 5.26 Å². The molecular formula is C16H19N3O2. The lowest BCUT2D eigenvalue weighted by Gasteiger charge is -2.39. The fourth-order valence-corrected chi connectivity index (χ4v) is 2.99. The topological polar surface area (TPSA) is 66.2 Å². The molecule has 0 bridgehead atoms. The summed E-state index contributed by atoms with van der Waals surface area (Å²) >= 11 is 0. The van der Waals surface area contributed by atoms with E-state index in [0.29, 0.717) is 36.9 Å². The Morgan fingerprint density at radius 2 is 2.14 bits per heavy atom. The predicted molar refractivity (Wildman–Crippen MR) is 76.5 cm³/mol. The third-order valence-electron chi connectivity index (χ3n) is 4.29. The van der Waals surface area contributed by atoms with Crippen LogP contribution in [-0.4, -0.2) is 35.0 Å². The molecule has 1 aliphatic carbocycles. The molecule has 0 spiro atoms. The maximum Gasteiger partial charge on any atom is 0.223 e.